The van der Waals surface area contributed by atoms with Gasteiger partial charge in [-0.15, -0.1) is 0 Å². The van der Waals surface area contributed by atoms with E-state index in [1.165, 1.54) is 36.8 Å². The molecule has 0 aliphatic heterocycles. The SMILES string of the molecule is CCCCC[C@@H]1C[C@H](N)c2ccccc21. The van der Waals surface area contributed by atoms with E-state index in [9.17, 15) is 0 Å². The minimum atomic E-state index is 0.285. The molecule has 0 aromatic heterocycles. The van der Waals surface area contributed by atoms with Crippen LogP contribution in [0.5, 0.6) is 0 Å². The van der Waals surface area contributed by atoms with E-state index in [0.717, 1.165) is 12.3 Å². The van der Waals surface area contributed by atoms with Crippen LogP contribution in [0, 0.1) is 0 Å². The number of fused-ring (bicyclic) bond motifs is 1. The van der Waals surface area contributed by atoms with Crippen molar-refractivity contribution in [3.63, 3.8) is 0 Å². The lowest BCUT2D eigenvalue weighted by Gasteiger charge is -2.10. The van der Waals surface area contributed by atoms with Crippen molar-refractivity contribution in [1.82, 2.24) is 0 Å². The van der Waals surface area contributed by atoms with Crippen LogP contribution in [-0.2, 0) is 0 Å². The van der Waals surface area contributed by atoms with E-state index < -0.39 is 0 Å². The highest BCUT2D eigenvalue weighted by molar-refractivity contribution is 5.37. The second kappa shape index (κ2) is 4.80. The van der Waals surface area contributed by atoms with Crippen molar-refractivity contribution in [3.8, 4) is 0 Å². The van der Waals surface area contributed by atoms with Gasteiger partial charge in [0.15, 0.2) is 0 Å². The van der Waals surface area contributed by atoms with Crippen molar-refractivity contribution in [1.29, 1.82) is 0 Å². The molecular formula is C14H21N. The topological polar surface area (TPSA) is 26.0 Å². The number of unbranched alkanes of at least 4 members (excludes halogenated alkanes) is 2. The Morgan fingerprint density at radius 3 is 2.67 bits per heavy atom. The molecule has 2 rings (SSSR count). The van der Waals surface area contributed by atoms with Crippen LogP contribution in [0.15, 0.2) is 24.3 Å². The second-order valence-electron chi connectivity index (χ2n) is 4.66. The normalized spacial score (nSPS) is 24.1. The molecule has 0 spiro atoms. The van der Waals surface area contributed by atoms with Crippen LogP contribution in [0.1, 0.15) is 62.1 Å². The lowest BCUT2D eigenvalue weighted by Crippen LogP contribution is -2.05. The maximum Gasteiger partial charge on any atom is 0.0303 e. The number of benzene rings is 1. The van der Waals surface area contributed by atoms with E-state index in [1.54, 1.807) is 0 Å². The third-order valence-electron chi connectivity index (χ3n) is 3.53. The van der Waals surface area contributed by atoms with Gasteiger partial charge in [0.2, 0.25) is 0 Å². The minimum absolute atomic E-state index is 0.285. The first-order valence-corrected chi connectivity index (χ1v) is 6.17. The van der Waals surface area contributed by atoms with Crippen molar-refractivity contribution in [2.24, 2.45) is 5.73 Å². The largest absolute Gasteiger partial charge is 0.324 e. The van der Waals surface area contributed by atoms with Crippen LogP contribution >= 0.6 is 0 Å². The fraction of sp³-hybridized carbons (Fsp3) is 0.571. The molecule has 0 saturated heterocycles. The summed E-state index contributed by atoms with van der Waals surface area (Å²) >= 11 is 0. The summed E-state index contributed by atoms with van der Waals surface area (Å²) in [5.41, 5.74) is 9.04. The van der Waals surface area contributed by atoms with Crippen molar-refractivity contribution in [2.45, 2.75) is 51.0 Å². The van der Waals surface area contributed by atoms with Crippen LogP contribution < -0.4 is 5.73 Å². The van der Waals surface area contributed by atoms with Crippen LogP contribution in [0.25, 0.3) is 0 Å². The first-order chi connectivity index (χ1) is 7.33. The van der Waals surface area contributed by atoms with Crippen molar-refractivity contribution in [3.05, 3.63) is 35.4 Å². The van der Waals surface area contributed by atoms with Crippen LogP contribution in [0.4, 0.5) is 0 Å². The first-order valence-electron chi connectivity index (χ1n) is 6.17. The minimum Gasteiger partial charge on any atom is -0.324 e. The summed E-state index contributed by atoms with van der Waals surface area (Å²) in [6.45, 7) is 2.26. The molecule has 0 heterocycles. The van der Waals surface area contributed by atoms with E-state index in [2.05, 4.69) is 31.2 Å². The third kappa shape index (κ3) is 2.23. The smallest absolute Gasteiger partial charge is 0.0303 e. The van der Waals surface area contributed by atoms with Crippen LogP contribution in [0.3, 0.4) is 0 Å². The standard InChI is InChI=1S/C14H21N/c1-2-3-4-7-11-10-14(15)13-9-6-5-8-12(11)13/h5-6,8-9,11,14H,2-4,7,10,15H2,1H3/t11-,14+/m1/s1. The highest BCUT2D eigenvalue weighted by atomic mass is 14.7. The zero-order valence-electron chi connectivity index (χ0n) is 9.58. The Kier molecular flexibility index (Phi) is 3.42. The summed E-state index contributed by atoms with van der Waals surface area (Å²) < 4.78 is 0. The Hall–Kier alpha value is -0.820. The maximum atomic E-state index is 6.14. The van der Waals surface area contributed by atoms with Gasteiger partial charge in [-0.1, -0.05) is 50.5 Å². The molecule has 0 saturated carbocycles. The van der Waals surface area contributed by atoms with Gasteiger partial charge in [0.05, 0.1) is 0 Å². The number of hydrogen-bond donors (Lipinski definition) is 1. The molecule has 1 aliphatic carbocycles. The average Bonchev–Trinajstić information content (AvgIpc) is 2.58. The predicted octanol–water partition coefficient (Wildman–Crippen LogP) is 3.75. The summed E-state index contributed by atoms with van der Waals surface area (Å²) in [5.74, 6) is 0.725. The van der Waals surface area contributed by atoms with E-state index >= 15 is 0 Å². The third-order valence-corrected chi connectivity index (χ3v) is 3.53. The summed E-state index contributed by atoms with van der Waals surface area (Å²) in [5, 5.41) is 0. The molecule has 0 amide bonds. The van der Waals surface area contributed by atoms with E-state index in [4.69, 9.17) is 5.73 Å². The van der Waals surface area contributed by atoms with E-state index in [1.807, 2.05) is 0 Å². The molecule has 82 valence electrons. The second-order valence-corrected chi connectivity index (χ2v) is 4.66. The summed E-state index contributed by atoms with van der Waals surface area (Å²) in [6.07, 6.45) is 6.48. The maximum absolute atomic E-state index is 6.14. The van der Waals surface area contributed by atoms with Gasteiger partial charge in [0, 0.05) is 6.04 Å². The zero-order chi connectivity index (χ0) is 10.7. The fourth-order valence-electron chi connectivity index (χ4n) is 2.69. The Labute approximate surface area is 92.7 Å². The van der Waals surface area contributed by atoms with Gasteiger partial charge in [-0.05, 0) is 29.9 Å². The molecule has 1 aromatic rings. The van der Waals surface area contributed by atoms with E-state index in [0.29, 0.717) is 0 Å². The highest BCUT2D eigenvalue weighted by Gasteiger charge is 2.27. The van der Waals surface area contributed by atoms with Crippen LogP contribution in [-0.4, -0.2) is 0 Å². The lowest BCUT2D eigenvalue weighted by molar-refractivity contribution is 0.531. The first kappa shape index (κ1) is 10.7. The molecule has 15 heavy (non-hydrogen) atoms. The van der Waals surface area contributed by atoms with Gasteiger partial charge < -0.3 is 5.73 Å². The van der Waals surface area contributed by atoms with Crippen molar-refractivity contribution < 1.29 is 0 Å². The molecule has 0 bridgehead atoms. The van der Waals surface area contributed by atoms with Gasteiger partial charge in [0.25, 0.3) is 0 Å². The van der Waals surface area contributed by atoms with Gasteiger partial charge in [0.1, 0.15) is 0 Å². The monoisotopic (exact) mass is 203 g/mol. The average molecular weight is 203 g/mol. The molecule has 2 atom stereocenters. The van der Waals surface area contributed by atoms with Crippen molar-refractivity contribution >= 4 is 0 Å². The van der Waals surface area contributed by atoms with E-state index in [-0.39, 0.29) is 6.04 Å². The van der Waals surface area contributed by atoms with Crippen molar-refractivity contribution in [2.75, 3.05) is 0 Å². The van der Waals surface area contributed by atoms with Gasteiger partial charge >= 0.3 is 0 Å². The summed E-state index contributed by atoms with van der Waals surface area (Å²) in [4.78, 5) is 0. The molecule has 1 heteroatoms. The fourth-order valence-corrected chi connectivity index (χ4v) is 2.69. The Bertz CT molecular complexity index is 319. The number of hydrogen-bond acceptors (Lipinski definition) is 1. The molecule has 1 aliphatic rings. The highest BCUT2D eigenvalue weighted by Crippen LogP contribution is 2.41. The van der Waals surface area contributed by atoms with Gasteiger partial charge in [-0.25, -0.2) is 0 Å². The molecular weight excluding hydrogens is 182 g/mol. The number of rotatable bonds is 4. The quantitative estimate of drug-likeness (QED) is 0.741. The lowest BCUT2D eigenvalue weighted by atomic mass is 9.95. The molecule has 2 N–H and O–H groups in total. The van der Waals surface area contributed by atoms with Gasteiger partial charge in [-0.3, -0.25) is 0 Å². The Morgan fingerprint density at radius 1 is 1.20 bits per heavy atom. The zero-order valence-corrected chi connectivity index (χ0v) is 9.58. The van der Waals surface area contributed by atoms with Gasteiger partial charge in [-0.2, -0.15) is 0 Å². The predicted molar refractivity (Wildman–Crippen MR) is 64.9 cm³/mol. The molecule has 0 unspecified atom stereocenters. The Morgan fingerprint density at radius 2 is 1.93 bits per heavy atom. The molecule has 1 aromatic carbocycles. The molecule has 0 fully saturated rings. The molecule has 0 radical (unpaired) electrons. The Balaban J connectivity index is 2.04. The summed E-state index contributed by atoms with van der Waals surface area (Å²) in [7, 11) is 0. The van der Waals surface area contributed by atoms with Crippen LogP contribution in [0.2, 0.25) is 0 Å². The number of nitrogens with two attached hydrogens (primary N) is 1. The summed E-state index contributed by atoms with van der Waals surface area (Å²) in [6, 6.07) is 8.99. The molecule has 1 nitrogen and oxygen atoms in total.